The first kappa shape index (κ1) is 14.5. The first-order valence-electron chi connectivity index (χ1n) is 6.22. The summed E-state index contributed by atoms with van der Waals surface area (Å²) < 4.78 is 10.8. The smallest absolute Gasteiger partial charge is 0.288 e. The largest absolute Gasteiger partial charge is 0.465 e. The fraction of sp³-hybridized carbons (Fsp3) is 0.500. The summed E-state index contributed by atoms with van der Waals surface area (Å²) in [6, 6.07) is 2.66. The molecule has 0 aliphatic heterocycles. The molecule has 4 heteroatoms. The molecule has 1 atom stereocenters. The van der Waals surface area contributed by atoms with E-state index < -0.39 is 0 Å². The second-order valence-electron chi connectivity index (χ2n) is 4.09. The Balaban J connectivity index is 2.74. The molecular formula is C14H20O4. The van der Waals surface area contributed by atoms with Crippen molar-refractivity contribution in [2.45, 2.75) is 32.1 Å². The third-order valence-electron chi connectivity index (χ3n) is 2.60. The second-order valence-corrected chi connectivity index (χ2v) is 4.09. The van der Waals surface area contributed by atoms with Gasteiger partial charge in [0.15, 0.2) is 5.43 Å². The van der Waals surface area contributed by atoms with Crippen LogP contribution in [0.25, 0.3) is 0 Å². The Morgan fingerprint density at radius 2 is 2.28 bits per heavy atom. The summed E-state index contributed by atoms with van der Waals surface area (Å²) >= 11 is 0. The summed E-state index contributed by atoms with van der Waals surface area (Å²) in [5.74, 6) is 0.205. The lowest BCUT2D eigenvalue weighted by Crippen LogP contribution is -2.08. The summed E-state index contributed by atoms with van der Waals surface area (Å²) in [6.45, 7) is 6.08. The van der Waals surface area contributed by atoms with Crippen LogP contribution in [0.4, 0.5) is 0 Å². The van der Waals surface area contributed by atoms with Crippen molar-refractivity contribution in [3.8, 4) is 5.95 Å². The Morgan fingerprint density at radius 1 is 1.50 bits per heavy atom. The lowest BCUT2D eigenvalue weighted by atomic mass is 10.1. The minimum absolute atomic E-state index is 0.147. The number of aliphatic hydroxyl groups excluding tert-OH is 1. The van der Waals surface area contributed by atoms with Gasteiger partial charge in [-0.15, -0.1) is 6.58 Å². The Labute approximate surface area is 107 Å². The molecule has 1 aromatic heterocycles. The molecule has 1 unspecified atom stereocenters. The minimum Gasteiger partial charge on any atom is -0.465 e. The molecule has 0 aromatic carbocycles. The fourth-order valence-electron chi connectivity index (χ4n) is 1.53. The zero-order chi connectivity index (χ0) is 13.4. The molecule has 4 nitrogen and oxygen atoms in total. The molecule has 1 rings (SSSR count). The Bertz CT molecular complexity index is 422. The van der Waals surface area contributed by atoms with E-state index in [4.69, 9.17) is 14.3 Å². The normalized spacial score (nSPS) is 12.1. The van der Waals surface area contributed by atoms with Gasteiger partial charge in [-0.25, -0.2) is 0 Å². The molecule has 0 aliphatic carbocycles. The molecule has 1 aromatic rings. The summed E-state index contributed by atoms with van der Waals surface area (Å²) in [7, 11) is 0. The van der Waals surface area contributed by atoms with Crippen molar-refractivity contribution in [1.82, 2.24) is 0 Å². The fourth-order valence-corrected chi connectivity index (χ4v) is 1.53. The van der Waals surface area contributed by atoms with Crippen molar-refractivity contribution in [2.75, 3.05) is 13.2 Å². The Kier molecular flexibility index (Phi) is 6.22. The van der Waals surface area contributed by atoms with Crippen LogP contribution in [0.2, 0.25) is 0 Å². The minimum atomic E-state index is -0.378. The maximum Gasteiger partial charge on any atom is 0.288 e. The number of ether oxygens (including phenoxy) is 1. The van der Waals surface area contributed by atoms with Crippen molar-refractivity contribution < 1.29 is 14.3 Å². The zero-order valence-electron chi connectivity index (χ0n) is 10.7. The van der Waals surface area contributed by atoms with E-state index in [1.807, 2.05) is 0 Å². The second kappa shape index (κ2) is 7.71. The van der Waals surface area contributed by atoms with Gasteiger partial charge in [0.1, 0.15) is 5.76 Å². The van der Waals surface area contributed by atoms with Crippen LogP contribution in [0.1, 0.15) is 37.9 Å². The average Bonchev–Trinajstić information content (AvgIpc) is 2.36. The van der Waals surface area contributed by atoms with E-state index in [0.29, 0.717) is 12.4 Å². The van der Waals surface area contributed by atoms with Crippen molar-refractivity contribution in [3.05, 3.63) is 40.8 Å². The van der Waals surface area contributed by atoms with E-state index >= 15 is 0 Å². The van der Waals surface area contributed by atoms with E-state index in [-0.39, 0.29) is 23.9 Å². The van der Waals surface area contributed by atoms with Gasteiger partial charge in [-0.2, -0.15) is 0 Å². The van der Waals surface area contributed by atoms with Gasteiger partial charge in [-0.05, 0) is 6.42 Å². The van der Waals surface area contributed by atoms with Crippen LogP contribution in [0.3, 0.4) is 0 Å². The number of rotatable bonds is 8. The molecule has 0 amide bonds. The first-order chi connectivity index (χ1) is 8.71. The summed E-state index contributed by atoms with van der Waals surface area (Å²) in [4.78, 5) is 11.5. The maximum absolute atomic E-state index is 11.5. The maximum atomic E-state index is 11.5. The molecule has 0 aliphatic rings. The monoisotopic (exact) mass is 252 g/mol. The van der Waals surface area contributed by atoms with E-state index in [1.54, 1.807) is 6.08 Å². The first-order valence-corrected chi connectivity index (χ1v) is 6.22. The van der Waals surface area contributed by atoms with Crippen LogP contribution < -0.4 is 10.2 Å². The quantitative estimate of drug-likeness (QED) is 0.570. The van der Waals surface area contributed by atoms with Gasteiger partial charge in [0.05, 0.1) is 25.2 Å². The highest BCUT2D eigenvalue weighted by atomic mass is 16.6. The van der Waals surface area contributed by atoms with Crippen LogP contribution in [-0.2, 0) is 0 Å². The van der Waals surface area contributed by atoms with Crippen LogP contribution in [0, 0.1) is 0 Å². The third-order valence-corrected chi connectivity index (χ3v) is 2.60. The van der Waals surface area contributed by atoms with Crippen LogP contribution in [-0.4, -0.2) is 18.3 Å². The number of hydrogen-bond donors (Lipinski definition) is 1. The van der Waals surface area contributed by atoms with Gasteiger partial charge in [0, 0.05) is 6.07 Å². The highest BCUT2D eigenvalue weighted by Crippen LogP contribution is 2.19. The highest BCUT2D eigenvalue weighted by molar-refractivity contribution is 5.16. The summed E-state index contributed by atoms with van der Waals surface area (Å²) in [5, 5.41) is 9.13. The molecule has 0 spiro atoms. The van der Waals surface area contributed by atoms with E-state index in [9.17, 15) is 4.79 Å². The summed E-state index contributed by atoms with van der Waals surface area (Å²) in [5.41, 5.74) is -0.193. The van der Waals surface area contributed by atoms with Crippen LogP contribution >= 0.6 is 0 Å². The highest BCUT2D eigenvalue weighted by Gasteiger charge is 2.11. The van der Waals surface area contributed by atoms with Gasteiger partial charge in [0.2, 0.25) is 0 Å². The molecule has 1 N–H and O–H groups in total. The van der Waals surface area contributed by atoms with E-state index in [2.05, 4.69) is 13.5 Å². The van der Waals surface area contributed by atoms with E-state index in [1.165, 1.54) is 12.1 Å². The molecule has 1 heterocycles. The molecular weight excluding hydrogens is 232 g/mol. The predicted octanol–water partition coefficient (Wildman–Crippen LogP) is 2.47. The zero-order valence-corrected chi connectivity index (χ0v) is 10.7. The summed E-state index contributed by atoms with van der Waals surface area (Å²) in [6.07, 6.45) is 4.65. The van der Waals surface area contributed by atoms with Crippen molar-refractivity contribution in [3.63, 3.8) is 0 Å². The average molecular weight is 252 g/mol. The molecule has 0 bridgehead atoms. The van der Waals surface area contributed by atoms with Gasteiger partial charge >= 0.3 is 0 Å². The predicted molar refractivity (Wildman–Crippen MR) is 70.0 cm³/mol. The molecule has 0 radical (unpaired) electrons. The lowest BCUT2D eigenvalue weighted by Gasteiger charge is -2.10. The van der Waals surface area contributed by atoms with Crippen LogP contribution in [0.15, 0.2) is 34.0 Å². The van der Waals surface area contributed by atoms with Gasteiger partial charge < -0.3 is 14.3 Å². The number of unbranched alkanes of at least 4 members (excludes halogenated alkanes) is 2. The third kappa shape index (κ3) is 4.37. The van der Waals surface area contributed by atoms with Crippen LogP contribution in [0.5, 0.6) is 5.95 Å². The van der Waals surface area contributed by atoms with Crippen molar-refractivity contribution in [1.29, 1.82) is 0 Å². The van der Waals surface area contributed by atoms with Gasteiger partial charge in [0.25, 0.3) is 5.95 Å². The standard InChI is InChI=1S/C14H20O4/c1-3-5-6-7-17-14-9-12(16)8-13(18-14)11(4-2)10-15/h4,8-9,11,15H,2-3,5-7,10H2,1H3. The topological polar surface area (TPSA) is 59.7 Å². The molecule has 0 saturated heterocycles. The number of aliphatic hydroxyl groups is 1. The van der Waals surface area contributed by atoms with Crippen molar-refractivity contribution >= 4 is 0 Å². The SMILES string of the molecule is C=CC(CO)c1cc(=O)cc(OCCCCC)o1. The Morgan fingerprint density at radius 3 is 2.89 bits per heavy atom. The molecule has 0 saturated carbocycles. The molecule has 100 valence electrons. The Hall–Kier alpha value is -1.55. The molecule has 18 heavy (non-hydrogen) atoms. The molecule has 0 fully saturated rings. The van der Waals surface area contributed by atoms with Gasteiger partial charge in [-0.3, -0.25) is 4.79 Å². The van der Waals surface area contributed by atoms with Crippen molar-refractivity contribution in [2.24, 2.45) is 0 Å². The lowest BCUT2D eigenvalue weighted by molar-refractivity contribution is 0.211. The van der Waals surface area contributed by atoms with E-state index in [0.717, 1.165) is 19.3 Å². The number of hydrogen-bond acceptors (Lipinski definition) is 4. The van der Waals surface area contributed by atoms with Gasteiger partial charge in [-0.1, -0.05) is 25.8 Å².